The van der Waals surface area contributed by atoms with Crippen molar-refractivity contribution < 1.29 is 13.3 Å². The summed E-state index contributed by atoms with van der Waals surface area (Å²) in [6.07, 6.45) is 0. The first-order valence-corrected chi connectivity index (χ1v) is 28.7. The fraction of sp³-hybridized carbons (Fsp3) is 0. The van der Waals surface area contributed by atoms with Crippen LogP contribution in [0, 0.1) is 0 Å². The van der Waals surface area contributed by atoms with Crippen LogP contribution in [-0.4, -0.2) is 0 Å². The first-order valence-electron chi connectivity index (χ1n) is 26.3. The van der Waals surface area contributed by atoms with Gasteiger partial charge in [0.1, 0.15) is 33.5 Å². The van der Waals surface area contributed by atoms with Crippen LogP contribution in [0.1, 0.15) is 0 Å². The van der Waals surface area contributed by atoms with Crippen molar-refractivity contribution in [1.29, 1.82) is 0 Å². The summed E-state index contributed by atoms with van der Waals surface area (Å²) in [6, 6.07) is 83.8. The van der Waals surface area contributed by atoms with Crippen LogP contribution >= 0.6 is 34.0 Å². The molecular formula is C72H38O3S3. The number of rotatable bonds is 5. The third-order valence-corrected chi connectivity index (χ3v) is 19.8. The van der Waals surface area contributed by atoms with E-state index in [0.29, 0.717) is 0 Å². The molecule has 0 atom stereocenters. The summed E-state index contributed by atoms with van der Waals surface area (Å²) in [7, 11) is 0. The van der Waals surface area contributed by atoms with Gasteiger partial charge in [0, 0.05) is 115 Å². The van der Waals surface area contributed by atoms with Crippen molar-refractivity contribution in [2.75, 3.05) is 0 Å². The SMILES string of the molecule is c1cc(-c2cccc3c2sc2ccccc23)c2c(c1)oc1cc(-c3ccc4c(c3)sc3cc(-c5cccc6c5oc5ccc(-c7cccc8c7oc7c(-c9cccc%10sc%11ccccc%11c9%10)cccc78)cc56)ccc34)ccc12. The number of para-hydroxylation sites is 3. The van der Waals surface area contributed by atoms with Crippen molar-refractivity contribution in [3.63, 3.8) is 0 Å². The molecule has 6 aromatic heterocycles. The Morgan fingerprint density at radius 2 is 0.718 bits per heavy atom. The highest BCUT2D eigenvalue weighted by atomic mass is 32.1. The highest BCUT2D eigenvalue weighted by Gasteiger charge is 2.22. The number of benzene rings is 12. The summed E-state index contributed by atoms with van der Waals surface area (Å²) >= 11 is 5.55. The van der Waals surface area contributed by atoms with E-state index >= 15 is 0 Å². The zero-order chi connectivity index (χ0) is 50.7. The van der Waals surface area contributed by atoms with Gasteiger partial charge in [-0.1, -0.05) is 170 Å². The van der Waals surface area contributed by atoms with Gasteiger partial charge in [-0.2, -0.15) is 0 Å². The predicted molar refractivity (Wildman–Crippen MR) is 334 cm³/mol. The molecule has 0 N–H and O–H groups in total. The molecule has 0 aliphatic rings. The zero-order valence-corrected chi connectivity index (χ0v) is 43.8. The van der Waals surface area contributed by atoms with Crippen LogP contribution in [0.4, 0.5) is 0 Å². The van der Waals surface area contributed by atoms with Crippen LogP contribution in [0.25, 0.3) is 182 Å². The van der Waals surface area contributed by atoms with Crippen LogP contribution in [-0.2, 0) is 0 Å². The molecule has 0 saturated carbocycles. The van der Waals surface area contributed by atoms with E-state index in [9.17, 15) is 0 Å². The molecule has 0 bridgehead atoms. The van der Waals surface area contributed by atoms with Gasteiger partial charge in [-0.3, -0.25) is 0 Å². The lowest BCUT2D eigenvalue weighted by Crippen LogP contribution is -1.81. The van der Waals surface area contributed by atoms with Crippen LogP contribution in [0.3, 0.4) is 0 Å². The number of fused-ring (bicyclic) bond motifs is 18. The molecule has 18 aromatic rings. The predicted octanol–water partition coefficient (Wildman–Crippen LogP) is 22.8. The number of hydrogen-bond acceptors (Lipinski definition) is 6. The Labute approximate surface area is 456 Å². The molecular weight excluding hydrogens is 1010 g/mol. The van der Waals surface area contributed by atoms with Crippen LogP contribution < -0.4 is 0 Å². The lowest BCUT2D eigenvalue weighted by Gasteiger charge is -2.06. The maximum absolute atomic E-state index is 7.04. The van der Waals surface area contributed by atoms with Gasteiger partial charge in [-0.05, 0) is 94.0 Å². The van der Waals surface area contributed by atoms with Gasteiger partial charge in [0.05, 0.1) is 0 Å². The van der Waals surface area contributed by atoms with Crippen molar-refractivity contribution in [1.82, 2.24) is 0 Å². The highest BCUT2D eigenvalue weighted by Crippen LogP contribution is 2.48. The monoisotopic (exact) mass is 1050 g/mol. The van der Waals surface area contributed by atoms with Gasteiger partial charge in [-0.25, -0.2) is 0 Å². The second-order valence-corrected chi connectivity index (χ2v) is 23.8. The lowest BCUT2D eigenvalue weighted by molar-refractivity contribution is 0.669. The maximum atomic E-state index is 7.04. The third-order valence-electron chi connectivity index (χ3n) is 16.3. The first-order chi connectivity index (χ1) is 38.6. The van der Waals surface area contributed by atoms with E-state index < -0.39 is 0 Å². The number of hydrogen-bond donors (Lipinski definition) is 0. The van der Waals surface area contributed by atoms with E-state index in [1.807, 2.05) is 34.0 Å². The summed E-state index contributed by atoms with van der Waals surface area (Å²) < 4.78 is 28.2. The minimum Gasteiger partial charge on any atom is -0.456 e. The molecule has 0 saturated heterocycles. The van der Waals surface area contributed by atoms with E-state index in [1.165, 1.54) is 82.8 Å². The minimum absolute atomic E-state index is 0.859. The lowest BCUT2D eigenvalue weighted by atomic mass is 9.96. The van der Waals surface area contributed by atoms with Crippen molar-refractivity contribution in [2.24, 2.45) is 0 Å². The van der Waals surface area contributed by atoms with E-state index in [-0.39, 0.29) is 0 Å². The van der Waals surface area contributed by atoms with Gasteiger partial charge in [0.2, 0.25) is 0 Å². The highest BCUT2D eigenvalue weighted by molar-refractivity contribution is 7.27. The van der Waals surface area contributed by atoms with E-state index in [2.05, 4.69) is 231 Å². The van der Waals surface area contributed by atoms with Crippen molar-refractivity contribution >= 4 is 160 Å². The van der Waals surface area contributed by atoms with Crippen molar-refractivity contribution in [2.45, 2.75) is 0 Å². The second kappa shape index (κ2) is 16.1. The minimum atomic E-state index is 0.859. The molecule has 6 heterocycles. The molecule has 0 radical (unpaired) electrons. The number of thiophene rings is 3. The third kappa shape index (κ3) is 6.13. The molecule has 0 fully saturated rings. The normalized spacial score (nSPS) is 12.4. The molecule has 78 heavy (non-hydrogen) atoms. The average Bonchev–Trinajstić information content (AvgIpc) is 4.51. The molecule has 0 unspecified atom stereocenters. The molecule has 0 amide bonds. The molecule has 6 heteroatoms. The molecule has 0 spiro atoms. The molecule has 3 nitrogen and oxygen atoms in total. The Bertz CT molecular complexity index is 5600. The quantitative estimate of drug-likeness (QED) is 0.172. The van der Waals surface area contributed by atoms with Gasteiger partial charge in [0.15, 0.2) is 0 Å². The van der Waals surface area contributed by atoms with Crippen molar-refractivity contribution in [3.8, 4) is 55.6 Å². The Kier molecular flexibility index (Phi) is 8.86. The fourth-order valence-corrected chi connectivity index (χ4v) is 16.3. The average molecular weight is 1050 g/mol. The van der Waals surface area contributed by atoms with E-state index in [4.69, 9.17) is 13.3 Å². The van der Waals surface area contributed by atoms with Crippen LogP contribution in [0.15, 0.2) is 244 Å². The molecule has 0 aliphatic carbocycles. The molecule has 18 rings (SSSR count). The molecule has 0 aliphatic heterocycles. The smallest absolute Gasteiger partial charge is 0.143 e. The Balaban J connectivity index is 0.694. The Morgan fingerprint density at radius 3 is 1.51 bits per heavy atom. The Hall–Kier alpha value is -9.30. The maximum Gasteiger partial charge on any atom is 0.143 e. The second-order valence-electron chi connectivity index (χ2n) is 20.5. The van der Waals surface area contributed by atoms with E-state index in [0.717, 1.165) is 99.2 Å². The summed E-state index contributed by atoms with van der Waals surface area (Å²) in [4.78, 5) is 0. The number of furan rings is 3. The van der Waals surface area contributed by atoms with Crippen LogP contribution in [0.2, 0.25) is 0 Å². The molecule has 362 valence electrons. The zero-order valence-electron chi connectivity index (χ0n) is 41.4. The van der Waals surface area contributed by atoms with E-state index in [1.54, 1.807) is 0 Å². The van der Waals surface area contributed by atoms with Gasteiger partial charge in [-0.15, -0.1) is 34.0 Å². The first kappa shape index (κ1) is 42.9. The summed E-state index contributed by atoms with van der Waals surface area (Å²) in [5, 5.41) is 14.4. The topological polar surface area (TPSA) is 39.4 Å². The fourth-order valence-electron chi connectivity index (χ4n) is 12.8. The van der Waals surface area contributed by atoms with Gasteiger partial charge < -0.3 is 13.3 Å². The molecule has 12 aromatic carbocycles. The van der Waals surface area contributed by atoms with Gasteiger partial charge >= 0.3 is 0 Å². The van der Waals surface area contributed by atoms with Crippen molar-refractivity contribution in [3.05, 3.63) is 231 Å². The van der Waals surface area contributed by atoms with Crippen LogP contribution in [0.5, 0.6) is 0 Å². The standard InChI is InChI=1S/C72H38O3S3/c1-3-24-62-45(11-1)54-21-8-22-55(72(54)78-62)49-15-9-23-60-67(49)56-33-28-39(36-61(56)73-60)40-27-31-46-47-32-29-42(38-66(47)77-65(46)37-40)44-14-6-20-53-58-35-41(30-34-59(58)74-69(44)53)43-13-5-18-51-52-19-7-17-50(71(52)75-70(43)51)48-16-10-26-64-68(48)57-12-2-4-25-63(57)76-64/h1-38H. The summed E-state index contributed by atoms with van der Waals surface area (Å²) in [5.74, 6) is 0. The Morgan fingerprint density at radius 1 is 0.218 bits per heavy atom. The summed E-state index contributed by atoms with van der Waals surface area (Å²) in [5.41, 5.74) is 16.7. The summed E-state index contributed by atoms with van der Waals surface area (Å²) in [6.45, 7) is 0. The van der Waals surface area contributed by atoms with Gasteiger partial charge in [0.25, 0.3) is 0 Å². The largest absolute Gasteiger partial charge is 0.456 e.